The lowest BCUT2D eigenvalue weighted by molar-refractivity contribution is -0.160. The lowest BCUT2D eigenvalue weighted by Gasteiger charge is -2.42. The fourth-order valence-electron chi connectivity index (χ4n) is 3.76. The molecule has 0 spiro atoms. The fraction of sp³-hybridized carbons (Fsp3) is 0.933. The van der Waals surface area contributed by atoms with Gasteiger partial charge in [-0.1, -0.05) is 19.8 Å². The van der Waals surface area contributed by atoms with Crippen LogP contribution in [0.1, 0.15) is 45.4 Å². The monoisotopic (exact) mass is 269 g/mol. The Kier molecular flexibility index (Phi) is 4.85. The zero-order chi connectivity index (χ0) is 13.9. The zero-order valence-corrected chi connectivity index (χ0v) is 12.2. The largest absolute Gasteiger partial charge is 0.481 e. The van der Waals surface area contributed by atoms with Crippen molar-refractivity contribution in [2.45, 2.75) is 51.5 Å². The highest BCUT2D eigenvalue weighted by Crippen LogP contribution is 2.33. The predicted molar refractivity (Wildman–Crippen MR) is 74.2 cm³/mol. The van der Waals surface area contributed by atoms with Crippen molar-refractivity contribution in [2.75, 3.05) is 26.8 Å². The molecule has 1 N–H and O–H groups in total. The van der Waals surface area contributed by atoms with Crippen LogP contribution < -0.4 is 0 Å². The van der Waals surface area contributed by atoms with Crippen LogP contribution in [-0.4, -0.2) is 48.8 Å². The van der Waals surface area contributed by atoms with Gasteiger partial charge in [0.2, 0.25) is 0 Å². The smallest absolute Gasteiger partial charge is 0.313 e. The van der Waals surface area contributed by atoms with E-state index in [0.717, 1.165) is 12.8 Å². The molecule has 3 atom stereocenters. The number of hydrogen-bond acceptors (Lipinski definition) is 3. The summed E-state index contributed by atoms with van der Waals surface area (Å²) in [7, 11) is 2.09. The standard InChI is InChI=1S/C15H27NO3/c1-12-6-3-4-7-13(12)16(2)10-15(14(17)18)8-5-9-19-11-15/h12-13H,3-11H2,1-2H3,(H,17,18). The van der Waals surface area contributed by atoms with Crippen LogP contribution in [0, 0.1) is 11.3 Å². The lowest BCUT2D eigenvalue weighted by atomic mass is 9.79. The molecule has 2 fully saturated rings. The summed E-state index contributed by atoms with van der Waals surface area (Å²) in [5.74, 6) is -0.0170. The van der Waals surface area contributed by atoms with Crippen LogP contribution in [0.15, 0.2) is 0 Å². The Morgan fingerprint density at radius 2 is 2.11 bits per heavy atom. The number of carboxylic acid groups (broad SMARTS) is 1. The van der Waals surface area contributed by atoms with Crippen molar-refractivity contribution < 1.29 is 14.6 Å². The minimum atomic E-state index is -0.692. The molecule has 0 aromatic carbocycles. The van der Waals surface area contributed by atoms with E-state index in [1.54, 1.807) is 0 Å². The molecule has 1 saturated carbocycles. The number of aliphatic carboxylic acids is 1. The van der Waals surface area contributed by atoms with Crippen LogP contribution in [0.4, 0.5) is 0 Å². The molecule has 0 bridgehead atoms. The highest BCUT2D eigenvalue weighted by Gasteiger charge is 2.43. The second kappa shape index (κ2) is 6.23. The van der Waals surface area contributed by atoms with Gasteiger partial charge in [0, 0.05) is 19.2 Å². The van der Waals surface area contributed by atoms with Crippen molar-refractivity contribution in [3.63, 3.8) is 0 Å². The molecule has 2 rings (SSSR count). The molecule has 1 saturated heterocycles. The fourth-order valence-corrected chi connectivity index (χ4v) is 3.76. The highest BCUT2D eigenvalue weighted by atomic mass is 16.5. The molecule has 4 heteroatoms. The lowest BCUT2D eigenvalue weighted by Crippen LogP contribution is -2.51. The van der Waals surface area contributed by atoms with Gasteiger partial charge in [0.25, 0.3) is 0 Å². The topological polar surface area (TPSA) is 49.8 Å². The van der Waals surface area contributed by atoms with Gasteiger partial charge >= 0.3 is 5.97 Å². The molecular formula is C15H27NO3. The molecule has 1 aliphatic heterocycles. The number of carboxylic acids is 1. The Morgan fingerprint density at radius 1 is 1.37 bits per heavy atom. The summed E-state index contributed by atoms with van der Waals surface area (Å²) in [6, 6.07) is 0.534. The van der Waals surface area contributed by atoms with Crippen LogP contribution in [0.25, 0.3) is 0 Å². The van der Waals surface area contributed by atoms with Gasteiger partial charge in [0.05, 0.1) is 6.61 Å². The van der Waals surface area contributed by atoms with Crippen molar-refractivity contribution in [1.82, 2.24) is 4.90 Å². The third-order valence-electron chi connectivity index (χ3n) is 4.96. The van der Waals surface area contributed by atoms with E-state index < -0.39 is 11.4 Å². The molecule has 3 unspecified atom stereocenters. The maximum Gasteiger partial charge on any atom is 0.313 e. The first-order valence-corrected chi connectivity index (χ1v) is 7.56. The van der Waals surface area contributed by atoms with Crippen molar-refractivity contribution in [3.8, 4) is 0 Å². The summed E-state index contributed by atoms with van der Waals surface area (Å²) in [4.78, 5) is 14.0. The van der Waals surface area contributed by atoms with E-state index >= 15 is 0 Å². The normalized spacial score (nSPS) is 36.4. The van der Waals surface area contributed by atoms with Crippen LogP contribution in [0.2, 0.25) is 0 Å². The third kappa shape index (κ3) is 3.29. The van der Waals surface area contributed by atoms with Crippen LogP contribution in [-0.2, 0) is 9.53 Å². The van der Waals surface area contributed by atoms with Gasteiger partial charge in [-0.05, 0) is 38.6 Å². The predicted octanol–water partition coefficient (Wildman–Crippen LogP) is 2.38. The van der Waals surface area contributed by atoms with E-state index in [4.69, 9.17) is 4.74 Å². The van der Waals surface area contributed by atoms with Gasteiger partial charge < -0.3 is 14.7 Å². The Balaban J connectivity index is 2.02. The summed E-state index contributed by atoms with van der Waals surface area (Å²) >= 11 is 0. The van der Waals surface area contributed by atoms with E-state index in [9.17, 15) is 9.90 Å². The van der Waals surface area contributed by atoms with Gasteiger partial charge in [-0.2, -0.15) is 0 Å². The summed E-state index contributed by atoms with van der Waals surface area (Å²) in [6.45, 7) is 3.99. The average molecular weight is 269 g/mol. The number of hydrogen-bond donors (Lipinski definition) is 1. The second-order valence-electron chi connectivity index (χ2n) is 6.49. The molecule has 0 aromatic heterocycles. The average Bonchev–Trinajstić information content (AvgIpc) is 2.40. The number of ether oxygens (including phenoxy) is 1. The van der Waals surface area contributed by atoms with E-state index in [-0.39, 0.29) is 0 Å². The molecular weight excluding hydrogens is 242 g/mol. The number of carbonyl (C=O) groups is 1. The van der Waals surface area contributed by atoms with Gasteiger partial charge in [-0.15, -0.1) is 0 Å². The van der Waals surface area contributed by atoms with Crippen molar-refractivity contribution in [3.05, 3.63) is 0 Å². The molecule has 1 heterocycles. The second-order valence-corrected chi connectivity index (χ2v) is 6.49. The van der Waals surface area contributed by atoms with E-state index in [0.29, 0.717) is 31.7 Å². The minimum absolute atomic E-state index is 0.369. The zero-order valence-electron chi connectivity index (χ0n) is 12.2. The van der Waals surface area contributed by atoms with Crippen LogP contribution in [0.5, 0.6) is 0 Å². The van der Waals surface area contributed by atoms with Gasteiger partial charge in [0.15, 0.2) is 0 Å². The van der Waals surface area contributed by atoms with E-state index in [2.05, 4.69) is 18.9 Å². The first-order valence-electron chi connectivity index (χ1n) is 7.56. The van der Waals surface area contributed by atoms with Gasteiger partial charge in [-0.25, -0.2) is 0 Å². The quantitative estimate of drug-likeness (QED) is 0.851. The molecule has 19 heavy (non-hydrogen) atoms. The SMILES string of the molecule is CC1CCCCC1N(C)CC1(C(=O)O)CCCOC1. The van der Waals surface area contributed by atoms with Crippen LogP contribution in [0.3, 0.4) is 0 Å². The summed E-state index contributed by atoms with van der Waals surface area (Å²) in [6.07, 6.45) is 6.67. The maximum absolute atomic E-state index is 11.7. The van der Waals surface area contributed by atoms with Gasteiger partial charge in [0.1, 0.15) is 5.41 Å². The first kappa shape index (κ1) is 14.8. The number of rotatable bonds is 4. The summed E-state index contributed by atoms with van der Waals surface area (Å²) in [5.41, 5.74) is -0.690. The van der Waals surface area contributed by atoms with Crippen LogP contribution >= 0.6 is 0 Å². The Hall–Kier alpha value is -0.610. The Labute approximate surface area is 116 Å². The Morgan fingerprint density at radius 3 is 2.68 bits per heavy atom. The molecule has 0 amide bonds. The van der Waals surface area contributed by atoms with Gasteiger partial charge in [-0.3, -0.25) is 4.79 Å². The molecule has 0 radical (unpaired) electrons. The van der Waals surface area contributed by atoms with Crippen molar-refractivity contribution in [1.29, 1.82) is 0 Å². The molecule has 4 nitrogen and oxygen atoms in total. The molecule has 1 aliphatic carbocycles. The first-order chi connectivity index (χ1) is 9.05. The molecule has 2 aliphatic rings. The summed E-state index contributed by atoms with van der Waals surface area (Å²) < 4.78 is 5.45. The van der Waals surface area contributed by atoms with E-state index in [1.807, 2.05) is 0 Å². The minimum Gasteiger partial charge on any atom is -0.481 e. The van der Waals surface area contributed by atoms with E-state index in [1.165, 1.54) is 25.7 Å². The number of nitrogens with zero attached hydrogens (tertiary/aromatic N) is 1. The highest BCUT2D eigenvalue weighted by molar-refractivity contribution is 5.75. The third-order valence-corrected chi connectivity index (χ3v) is 4.96. The van der Waals surface area contributed by atoms with Crippen molar-refractivity contribution >= 4 is 5.97 Å². The van der Waals surface area contributed by atoms with Crippen molar-refractivity contribution in [2.24, 2.45) is 11.3 Å². The maximum atomic E-state index is 11.7. The summed E-state index contributed by atoms with van der Waals surface area (Å²) in [5, 5.41) is 9.60. The Bertz CT molecular complexity index is 313. The molecule has 110 valence electrons. The molecule has 0 aromatic rings.